The van der Waals surface area contributed by atoms with Crippen LogP contribution in [0, 0.1) is 0 Å². The molecule has 28 heavy (non-hydrogen) atoms. The molecule has 0 aliphatic carbocycles. The van der Waals surface area contributed by atoms with Crippen LogP contribution in [0.3, 0.4) is 0 Å². The Balaban J connectivity index is 1.54. The highest BCUT2D eigenvalue weighted by Gasteiger charge is 2.14. The minimum atomic E-state index is -3.35. The van der Waals surface area contributed by atoms with Gasteiger partial charge in [0, 0.05) is 10.7 Å². The largest absolute Gasteiger partial charge is 0.447 e. The average Bonchev–Trinajstić information content (AvgIpc) is 3.14. The van der Waals surface area contributed by atoms with Crippen molar-refractivity contribution in [3.63, 3.8) is 0 Å². The molecule has 3 aromatic rings. The number of rotatable bonds is 7. The lowest BCUT2D eigenvalue weighted by molar-refractivity contribution is 0.251. The summed E-state index contributed by atoms with van der Waals surface area (Å²) in [5.74, 6) is 0.352. The number of hydrogen-bond donors (Lipinski definition) is 2. The molecule has 9 heteroatoms. The van der Waals surface area contributed by atoms with Crippen LogP contribution in [-0.4, -0.2) is 19.4 Å². The van der Waals surface area contributed by atoms with Crippen molar-refractivity contribution in [3.05, 3.63) is 83.0 Å². The van der Waals surface area contributed by atoms with Crippen LogP contribution in [-0.2, 0) is 27.9 Å². The first-order valence-electron chi connectivity index (χ1n) is 8.36. The second kappa shape index (κ2) is 8.90. The number of nitrogens with one attached hydrogen (secondary N) is 2. The second-order valence-corrected chi connectivity index (χ2v) is 8.64. The SMILES string of the molecule is O=C(NCc1cnco1)Nc1ccc(CS(=O)(=O)Cc2cccc(Cl)c2)cc1. The highest BCUT2D eigenvalue weighted by molar-refractivity contribution is 7.89. The standard InChI is InChI=1S/C19H18ClN3O4S/c20-16-3-1-2-15(8-16)12-28(25,26)11-14-4-6-17(7-5-14)23-19(24)22-10-18-9-21-13-27-18/h1-9,13H,10-12H2,(H2,22,23,24). The summed E-state index contributed by atoms with van der Waals surface area (Å²) in [6.45, 7) is 0.214. The van der Waals surface area contributed by atoms with Crippen molar-refractivity contribution in [2.75, 3.05) is 5.32 Å². The topological polar surface area (TPSA) is 101 Å². The average molecular weight is 420 g/mol. The molecule has 1 aromatic heterocycles. The summed E-state index contributed by atoms with van der Waals surface area (Å²) >= 11 is 5.90. The van der Waals surface area contributed by atoms with Crippen LogP contribution >= 0.6 is 11.6 Å². The molecule has 0 bridgehead atoms. The molecule has 0 aliphatic rings. The molecule has 0 spiro atoms. The van der Waals surface area contributed by atoms with E-state index in [9.17, 15) is 13.2 Å². The van der Waals surface area contributed by atoms with Crippen LogP contribution in [0.1, 0.15) is 16.9 Å². The van der Waals surface area contributed by atoms with Crippen molar-refractivity contribution in [1.82, 2.24) is 10.3 Å². The van der Waals surface area contributed by atoms with Gasteiger partial charge < -0.3 is 15.1 Å². The summed E-state index contributed by atoms with van der Waals surface area (Å²) in [7, 11) is -3.35. The number of carbonyl (C=O) groups is 1. The number of carbonyl (C=O) groups excluding carboxylic acids is 1. The number of urea groups is 1. The van der Waals surface area contributed by atoms with E-state index < -0.39 is 15.9 Å². The van der Waals surface area contributed by atoms with Crippen LogP contribution in [0.2, 0.25) is 5.02 Å². The Labute approximate surface area is 167 Å². The Hall–Kier alpha value is -2.84. The summed E-state index contributed by atoms with van der Waals surface area (Å²) < 4.78 is 29.8. The van der Waals surface area contributed by atoms with E-state index in [2.05, 4.69) is 15.6 Å². The van der Waals surface area contributed by atoms with E-state index in [4.69, 9.17) is 16.0 Å². The van der Waals surface area contributed by atoms with E-state index in [1.54, 1.807) is 48.5 Å². The van der Waals surface area contributed by atoms with Gasteiger partial charge in [-0.05, 0) is 35.4 Å². The molecule has 146 valence electrons. The third kappa shape index (κ3) is 6.11. The van der Waals surface area contributed by atoms with E-state index in [0.29, 0.717) is 27.6 Å². The zero-order chi connectivity index (χ0) is 20.0. The molecule has 1 heterocycles. The third-order valence-corrected chi connectivity index (χ3v) is 5.56. The van der Waals surface area contributed by atoms with Gasteiger partial charge in [0.25, 0.3) is 0 Å². The molecule has 0 fully saturated rings. The lowest BCUT2D eigenvalue weighted by Crippen LogP contribution is -2.27. The predicted octanol–water partition coefficient (Wildman–Crippen LogP) is 3.76. The molecule has 0 atom stereocenters. The van der Waals surface area contributed by atoms with Gasteiger partial charge >= 0.3 is 6.03 Å². The highest BCUT2D eigenvalue weighted by Crippen LogP contribution is 2.17. The van der Waals surface area contributed by atoms with Gasteiger partial charge in [-0.3, -0.25) is 0 Å². The zero-order valence-corrected chi connectivity index (χ0v) is 16.3. The fraction of sp³-hybridized carbons (Fsp3) is 0.158. The predicted molar refractivity (Wildman–Crippen MR) is 107 cm³/mol. The molecule has 0 saturated carbocycles. The summed E-state index contributed by atoms with van der Waals surface area (Å²) in [5.41, 5.74) is 1.83. The second-order valence-electron chi connectivity index (χ2n) is 6.13. The van der Waals surface area contributed by atoms with Crippen molar-refractivity contribution < 1.29 is 17.6 Å². The van der Waals surface area contributed by atoms with Gasteiger partial charge in [0.15, 0.2) is 16.2 Å². The van der Waals surface area contributed by atoms with Crippen LogP contribution in [0.15, 0.2) is 65.5 Å². The van der Waals surface area contributed by atoms with Gasteiger partial charge in [0.2, 0.25) is 0 Å². The Kier molecular flexibility index (Phi) is 6.33. The zero-order valence-electron chi connectivity index (χ0n) is 14.8. The minimum absolute atomic E-state index is 0.0857. The van der Waals surface area contributed by atoms with Crippen molar-refractivity contribution >= 4 is 33.2 Å². The summed E-state index contributed by atoms with van der Waals surface area (Å²) in [6.07, 6.45) is 2.80. The molecule has 0 unspecified atom stereocenters. The van der Waals surface area contributed by atoms with Crippen LogP contribution in [0.25, 0.3) is 0 Å². The maximum absolute atomic E-state index is 12.4. The van der Waals surface area contributed by atoms with Crippen molar-refractivity contribution in [3.8, 4) is 0 Å². The molecular formula is C19H18ClN3O4S. The quantitative estimate of drug-likeness (QED) is 0.607. The molecule has 0 saturated heterocycles. The lowest BCUT2D eigenvalue weighted by Gasteiger charge is -2.08. The van der Waals surface area contributed by atoms with E-state index in [1.807, 2.05) is 0 Å². The number of benzene rings is 2. The molecule has 2 amide bonds. The van der Waals surface area contributed by atoms with Gasteiger partial charge in [0.1, 0.15) is 5.76 Å². The smallest absolute Gasteiger partial charge is 0.319 e. The monoisotopic (exact) mass is 419 g/mol. The van der Waals surface area contributed by atoms with E-state index in [1.165, 1.54) is 12.6 Å². The number of halogens is 1. The summed E-state index contributed by atoms with van der Waals surface area (Å²) in [5, 5.41) is 5.80. The normalized spacial score (nSPS) is 11.2. The fourth-order valence-electron chi connectivity index (χ4n) is 2.54. The Bertz CT molecular complexity index is 1040. The van der Waals surface area contributed by atoms with Gasteiger partial charge in [-0.25, -0.2) is 18.2 Å². The summed E-state index contributed by atoms with van der Waals surface area (Å²) in [6, 6.07) is 13.0. The molecule has 3 rings (SSSR count). The van der Waals surface area contributed by atoms with E-state index in [-0.39, 0.29) is 18.1 Å². The maximum Gasteiger partial charge on any atom is 0.319 e. The number of oxazole rings is 1. The third-order valence-electron chi connectivity index (χ3n) is 3.78. The molecule has 2 aromatic carbocycles. The maximum atomic E-state index is 12.4. The van der Waals surface area contributed by atoms with Crippen molar-refractivity contribution in [1.29, 1.82) is 0 Å². The van der Waals surface area contributed by atoms with Crippen molar-refractivity contribution in [2.45, 2.75) is 18.1 Å². The van der Waals surface area contributed by atoms with Gasteiger partial charge in [-0.2, -0.15) is 0 Å². The number of anilines is 1. The van der Waals surface area contributed by atoms with Gasteiger partial charge in [-0.15, -0.1) is 0 Å². The molecule has 2 N–H and O–H groups in total. The Morgan fingerprint density at radius 1 is 1.07 bits per heavy atom. The summed E-state index contributed by atoms with van der Waals surface area (Å²) in [4.78, 5) is 15.6. The lowest BCUT2D eigenvalue weighted by atomic mass is 10.2. The molecule has 7 nitrogen and oxygen atoms in total. The van der Waals surface area contributed by atoms with Crippen LogP contribution < -0.4 is 10.6 Å². The number of sulfone groups is 1. The Morgan fingerprint density at radius 3 is 2.50 bits per heavy atom. The van der Waals surface area contributed by atoms with Crippen LogP contribution in [0.5, 0.6) is 0 Å². The minimum Gasteiger partial charge on any atom is -0.447 e. The van der Waals surface area contributed by atoms with Gasteiger partial charge in [0.05, 0.1) is 24.2 Å². The number of aromatic nitrogens is 1. The molecule has 0 radical (unpaired) electrons. The molecule has 0 aliphatic heterocycles. The van der Waals surface area contributed by atoms with Gasteiger partial charge in [-0.1, -0.05) is 35.9 Å². The van der Waals surface area contributed by atoms with E-state index in [0.717, 1.165) is 0 Å². The first-order valence-corrected chi connectivity index (χ1v) is 10.6. The van der Waals surface area contributed by atoms with Crippen LogP contribution in [0.4, 0.5) is 10.5 Å². The first-order chi connectivity index (χ1) is 13.4. The Morgan fingerprint density at radius 2 is 1.82 bits per heavy atom. The highest BCUT2D eigenvalue weighted by atomic mass is 35.5. The van der Waals surface area contributed by atoms with E-state index >= 15 is 0 Å². The van der Waals surface area contributed by atoms with Crippen molar-refractivity contribution in [2.24, 2.45) is 0 Å². The molecular weight excluding hydrogens is 402 g/mol. The first kappa shape index (κ1) is 19.9. The number of hydrogen-bond acceptors (Lipinski definition) is 5. The number of nitrogens with zero attached hydrogens (tertiary/aromatic N) is 1. The number of amides is 2. The fourth-order valence-corrected chi connectivity index (χ4v) is 4.24.